The van der Waals surface area contributed by atoms with Gasteiger partial charge in [0.25, 0.3) is 0 Å². The van der Waals surface area contributed by atoms with Crippen molar-refractivity contribution in [2.45, 2.75) is 25.0 Å². The number of hydrogen-bond donors (Lipinski definition) is 1. The number of thiocarbonyl (C=S) groups is 1. The van der Waals surface area contributed by atoms with E-state index in [4.69, 9.17) is 12.2 Å². The van der Waals surface area contributed by atoms with Crippen LogP contribution in [0.1, 0.15) is 19.3 Å². The van der Waals surface area contributed by atoms with E-state index in [1.165, 1.54) is 0 Å². The zero-order valence-electron chi connectivity index (χ0n) is 10.5. The van der Waals surface area contributed by atoms with E-state index in [-0.39, 0.29) is 5.92 Å². The highest BCUT2D eigenvalue weighted by Crippen LogP contribution is 2.43. The van der Waals surface area contributed by atoms with E-state index in [2.05, 4.69) is 17.1 Å². The number of hydrogen-bond acceptors (Lipinski definition) is 4. The molecule has 1 fully saturated rings. The second-order valence-corrected chi connectivity index (χ2v) is 6.55. The second-order valence-electron chi connectivity index (χ2n) is 4.94. The van der Waals surface area contributed by atoms with Crippen LogP contribution in [0.4, 0.5) is 5.82 Å². The zero-order chi connectivity index (χ0) is 13.3. The molecule has 1 saturated heterocycles. The maximum Gasteiger partial charge on any atom is 0.157 e. The Bertz CT molecular complexity index is 505. The molecule has 0 saturated carbocycles. The lowest BCUT2D eigenvalue weighted by Gasteiger charge is -2.40. The van der Waals surface area contributed by atoms with Gasteiger partial charge in [0.2, 0.25) is 0 Å². The van der Waals surface area contributed by atoms with Crippen LogP contribution in [0, 0.1) is 5.92 Å². The Morgan fingerprint density at radius 3 is 3.00 bits per heavy atom. The maximum atomic E-state index is 11.1. The van der Waals surface area contributed by atoms with E-state index in [9.17, 15) is 5.11 Å². The van der Waals surface area contributed by atoms with E-state index in [1.54, 1.807) is 18.0 Å². The topological polar surface area (TPSA) is 36.4 Å². The van der Waals surface area contributed by atoms with Gasteiger partial charge >= 0.3 is 0 Å². The summed E-state index contributed by atoms with van der Waals surface area (Å²) in [6.45, 7) is 0. The molecule has 1 N–H and O–H groups in total. The molecule has 0 spiro atoms. The van der Waals surface area contributed by atoms with E-state index in [0.29, 0.717) is 5.75 Å². The van der Waals surface area contributed by atoms with Crippen LogP contribution in [0.3, 0.4) is 0 Å². The fourth-order valence-electron chi connectivity index (χ4n) is 2.75. The molecule has 2 aliphatic rings. The third kappa shape index (κ3) is 2.30. The van der Waals surface area contributed by atoms with Crippen LogP contribution in [-0.4, -0.2) is 25.9 Å². The summed E-state index contributed by atoms with van der Waals surface area (Å²) in [5, 5.41) is 11.1. The maximum absolute atomic E-state index is 11.1. The number of thioether (sulfide) groups is 1. The van der Waals surface area contributed by atoms with Crippen LogP contribution in [0.15, 0.2) is 36.5 Å². The zero-order valence-corrected chi connectivity index (χ0v) is 12.2. The first-order chi connectivity index (χ1) is 9.22. The van der Waals surface area contributed by atoms with Crippen LogP contribution in [0.25, 0.3) is 0 Å². The monoisotopic (exact) mass is 292 g/mol. The summed E-state index contributed by atoms with van der Waals surface area (Å²) in [6, 6.07) is 5.70. The Labute approximate surface area is 122 Å². The molecule has 0 aromatic carbocycles. The minimum atomic E-state index is -0.902. The summed E-state index contributed by atoms with van der Waals surface area (Å²) in [6.07, 6.45) is 9.02. The third-order valence-electron chi connectivity index (χ3n) is 3.78. The summed E-state index contributed by atoms with van der Waals surface area (Å²) in [5.74, 6) is 1.59. The van der Waals surface area contributed by atoms with Gasteiger partial charge in [-0.05, 0) is 31.4 Å². The molecule has 1 aromatic rings. The van der Waals surface area contributed by atoms with Crippen molar-refractivity contribution in [1.29, 1.82) is 0 Å². The lowest BCUT2D eigenvalue weighted by atomic mass is 9.85. The number of anilines is 1. The van der Waals surface area contributed by atoms with Crippen molar-refractivity contribution in [3.63, 3.8) is 0 Å². The molecule has 0 bridgehead atoms. The molecule has 2 heterocycles. The van der Waals surface area contributed by atoms with Crippen LogP contribution >= 0.6 is 24.0 Å². The van der Waals surface area contributed by atoms with Gasteiger partial charge in [-0.3, -0.25) is 4.90 Å². The molecule has 100 valence electrons. The number of allylic oxidation sites excluding steroid dienone is 2. The quantitative estimate of drug-likeness (QED) is 0.670. The van der Waals surface area contributed by atoms with Gasteiger partial charge in [0.1, 0.15) is 10.1 Å². The molecule has 0 radical (unpaired) electrons. The highest BCUT2D eigenvalue weighted by atomic mass is 32.2. The standard InChI is InChI=1S/C14H16N2OS2/c17-14(11-6-2-1-3-7-11)10-19-13(18)16(14)12-8-4-5-9-15-12/h1-2,4-5,8-9,11,17H,3,6-7,10H2. The molecule has 3 nitrogen and oxygen atoms in total. The van der Waals surface area contributed by atoms with Crippen molar-refractivity contribution in [3.8, 4) is 0 Å². The smallest absolute Gasteiger partial charge is 0.157 e. The average Bonchev–Trinajstić information content (AvgIpc) is 2.78. The van der Waals surface area contributed by atoms with E-state index in [1.807, 2.05) is 23.1 Å². The Kier molecular flexibility index (Phi) is 3.60. The fourth-order valence-corrected chi connectivity index (χ4v) is 4.26. The first-order valence-electron chi connectivity index (χ1n) is 6.47. The Morgan fingerprint density at radius 2 is 2.32 bits per heavy atom. The predicted molar refractivity (Wildman–Crippen MR) is 83.2 cm³/mol. The molecule has 2 unspecified atom stereocenters. The highest BCUT2D eigenvalue weighted by molar-refractivity contribution is 8.23. The van der Waals surface area contributed by atoms with Gasteiger partial charge in [-0.15, -0.1) is 0 Å². The van der Waals surface area contributed by atoms with Crippen molar-refractivity contribution in [2.24, 2.45) is 5.92 Å². The van der Waals surface area contributed by atoms with Gasteiger partial charge in [0.15, 0.2) is 5.72 Å². The minimum absolute atomic E-state index is 0.215. The fraction of sp³-hybridized carbons (Fsp3) is 0.429. The molecule has 1 aromatic heterocycles. The largest absolute Gasteiger partial charge is 0.369 e. The lowest BCUT2D eigenvalue weighted by molar-refractivity contribution is 0.0120. The Morgan fingerprint density at radius 1 is 1.42 bits per heavy atom. The van der Waals surface area contributed by atoms with Gasteiger partial charge in [0, 0.05) is 17.9 Å². The molecule has 5 heteroatoms. The molecule has 3 rings (SSSR count). The van der Waals surface area contributed by atoms with Crippen molar-refractivity contribution in [2.75, 3.05) is 10.7 Å². The SMILES string of the molecule is OC1(C2CC=CCC2)CSC(=S)N1c1ccccn1. The molecule has 1 aliphatic carbocycles. The van der Waals surface area contributed by atoms with Crippen LogP contribution in [-0.2, 0) is 0 Å². The minimum Gasteiger partial charge on any atom is -0.369 e. The van der Waals surface area contributed by atoms with Gasteiger partial charge in [-0.2, -0.15) is 0 Å². The van der Waals surface area contributed by atoms with Crippen molar-refractivity contribution in [1.82, 2.24) is 4.98 Å². The Balaban J connectivity index is 1.95. The van der Waals surface area contributed by atoms with Crippen LogP contribution < -0.4 is 4.90 Å². The average molecular weight is 292 g/mol. The normalized spacial score (nSPS) is 30.9. The first-order valence-corrected chi connectivity index (χ1v) is 7.86. The van der Waals surface area contributed by atoms with Gasteiger partial charge in [-0.25, -0.2) is 4.98 Å². The lowest BCUT2D eigenvalue weighted by Crippen LogP contribution is -2.53. The van der Waals surface area contributed by atoms with Gasteiger partial charge in [-0.1, -0.05) is 42.2 Å². The number of aromatic nitrogens is 1. The third-order valence-corrected chi connectivity index (χ3v) is 5.31. The molecule has 1 aliphatic heterocycles. The number of rotatable bonds is 2. The van der Waals surface area contributed by atoms with Crippen molar-refractivity contribution in [3.05, 3.63) is 36.5 Å². The van der Waals surface area contributed by atoms with Crippen LogP contribution in [0.5, 0.6) is 0 Å². The summed E-state index contributed by atoms with van der Waals surface area (Å²) in [4.78, 5) is 6.19. The molecular formula is C14H16N2OS2. The second kappa shape index (κ2) is 5.23. The summed E-state index contributed by atoms with van der Waals surface area (Å²) in [5.41, 5.74) is -0.902. The van der Waals surface area contributed by atoms with E-state index >= 15 is 0 Å². The Hall–Kier alpha value is -0.910. The predicted octanol–water partition coefficient (Wildman–Crippen LogP) is 2.96. The first kappa shape index (κ1) is 13.1. The summed E-state index contributed by atoms with van der Waals surface area (Å²) < 4.78 is 0.718. The number of nitrogens with zero attached hydrogens (tertiary/aromatic N) is 2. The molecule has 19 heavy (non-hydrogen) atoms. The van der Waals surface area contributed by atoms with Crippen LogP contribution in [0.2, 0.25) is 0 Å². The van der Waals surface area contributed by atoms with E-state index in [0.717, 1.165) is 29.4 Å². The van der Waals surface area contributed by atoms with Crippen molar-refractivity contribution >= 4 is 34.1 Å². The number of pyridine rings is 1. The van der Waals surface area contributed by atoms with Crippen molar-refractivity contribution < 1.29 is 5.11 Å². The highest BCUT2D eigenvalue weighted by Gasteiger charge is 2.49. The molecular weight excluding hydrogens is 276 g/mol. The van der Waals surface area contributed by atoms with Gasteiger partial charge < -0.3 is 5.11 Å². The molecule has 0 amide bonds. The number of aliphatic hydroxyl groups is 1. The van der Waals surface area contributed by atoms with Gasteiger partial charge in [0.05, 0.1) is 0 Å². The molecule has 2 atom stereocenters. The summed E-state index contributed by atoms with van der Waals surface area (Å²) in [7, 11) is 0. The van der Waals surface area contributed by atoms with E-state index < -0.39 is 5.72 Å². The summed E-state index contributed by atoms with van der Waals surface area (Å²) >= 11 is 6.96.